The lowest BCUT2D eigenvalue weighted by atomic mass is 9.90. The minimum Gasteiger partial charge on any atom is -0.337 e. The lowest BCUT2D eigenvalue weighted by Gasteiger charge is -2.32. The van der Waals surface area contributed by atoms with E-state index in [0.29, 0.717) is 12.2 Å². The summed E-state index contributed by atoms with van der Waals surface area (Å²) in [5, 5.41) is 7.43. The first-order chi connectivity index (χ1) is 12.7. The molecule has 0 aliphatic carbocycles. The number of piperidine rings is 1. The number of aryl methyl sites for hydroxylation is 1. The van der Waals surface area contributed by atoms with Crippen molar-refractivity contribution >= 4 is 5.91 Å². The number of aromatic amines is 1. The van der Waals surface area contributed by atoms with Crippen LogP contribution in [0.3, 0.4) is 0 Å². The number of H-pyrrole nitrogens is 1. The number of hydrogen-bond acceptors (Lipinski definition) is 4. The van der Waals surface area contributed by atoms with Gasteiger partial charge in [-0.25, -0.2) is 4.98 Å². The summed E-state index contributed by atoms with van der Waals surface area (Å²) in [6.07, 6.45) is 7.06. The number of carbonyl (C=O) groups excluding carboxylic acids is 1. The SMILES string of the molecule is Cc1cnc(C(=O)N2CCCC(c3[nH]ncc3-c3ccccc3)C2)cn1. The van der Waals surface area contributed by atoms with Crippen LogP contribution >= 0.6 is 0 Å². The van der Waals surface area contributed by atoms with Gasteiger partial charge in [-0.1, -0.05) is 30.3 Å². The fourth-order valence-corrected chi connectivity index (χ4v) is 3.52. The molecule has 0 radical (unpaired) electrons. The Bertz CT molecular complexity index is 888. The molecule has 132 valence electrons. The molecule has 6 heteroatoms. The zero-order valence-electron chi connectivity index (χ0n) is 14.7. The van der Waals surface area contributed by atoms with Crippen LogP contribution in [-0.4, -0.2) is 44.1 Å². The molecule has 3 aromatic rings. The van der Waals surface area contributed by atoms with Crippen molar-refractivity contribution in [1.82, 2.24) is 25.1 Å². The van der Waals surface area contributed by atoms with Gasteiger partial charge in [0.15, 0.2) is 0 Å². The first-order valence-electron chi connectivity index (χ1n) is 8.89. The van der Waals surface area contributed by atoms with Gasteiger partial charge in [0.25, 0.3) is 5.91 Å². The number of amides is 1. The Hall–Kier alpha value is -3.02. The van der Waals surface area contributed by atoms with Crippen molar-refractivity contribution in [3.05, 3.63) is 66.0 Å². The van der Waals surface area contributed by atoms with E-state index in [1.54, 1.807) is 12.4 Å². The summed E-state index contributed by atoms with van der Waals surface area (Å²) in [7, 11) is 0. The second-order valence-corrected chi connectivity index (χ2v) is 6.70. The summed E-state index contributed by atoms with van der Waals surface area (Å²) in [6.45, 7) is 3.28. The first-order valence-corrected chi connectivity index (χ1v) is 8.89. The molecule has 1 saturated heterocycles. The molecule has 4 rings (SSSR count). The highest BCUT2D eigenvalue weighted by Crippen LogP contribution is 2.33. The van der Waals surface area contributed by atoms with E-state index in [4.69, 9.17) is 0 Å². The average molecular weight is 347 g/mol. The van der Waals surface area contributed by atoms with Gasteiger partial charge in [0, 0.05) is 36.5 Å². The maximum Gasteiger partial charge on any atom is 0.274 e. The van der Waals surface area contributed by atoms with Crippen LogP contribution in [0.2, 0.25) is 0 Å². The second kappa shape index (κ2) is 7.07. The van der Waals surface area contributed by atoms with Crippen LogP contribution in [0.5, 0.6) is 0 Å². The third-order valence-corrected chi connectivity index (χ3v) is 4.87. The molecule has 0 bridgehead atoms. The van der Waals surface area contributed by atoms with Crippen molar-refractivity contribution in [3.63, 3.8) is 0 Å². The smallest absolute Gasteiger partial charge is 0.274 e. The third kappa shape index (κ3) is 3.22. The van der Waals surface area contributed by atoms with E-state index in [-0.39, 0.29) is 11.8 Å². The Labute approximate surface area is 152 Å². The van der Waals surface area contributed by atoms with Crippen molar-refractivity contribution in [3.8, 4) is 11.1 Å². The number of benzene rings is 1. The number of likely N-dealkylation sites (tertiary alicyclic amines) is 1. The van der Waals surface area contributed by atoms with Crippen molar-refractivity contribution in [2.75, 3.05) is 13.1 Å². The maximum absolute atomic E-state index is 12.8. The lowest BCUT2D eigenvalue weighted by Crippen LogP contribution is -2.39. The summed E-state index contributed by atoms with van der Waals surface area (Å²) in [4.78, 5) is 23.1. The van der Waals surface area contributed by atoms with Crippen LogP contribution in [-0.2, 0) is 0 Å². The summed E-state index contributed by atoms with van der Waals surface area (Å²) >= 11 is 0. The van der Waals surface area contributed by atoms with E-state index in [2.05, 4.69) is 32.3 Å². The summed E-state index contributed by atoms with van der Waals surface area (Å²) in [6, 6.07) is 10.2. The van der Waals surface area contributed by atoms with Gasteiger partial charge in [-0.2, -0.15) is 5.10 Å². The standard InChI is InChI=1S/C20H21N5O/c1-14-10-22-18(12-21-14)20(26)25-9-5-8-16(13-25)19-17(11-23-24-19)15-6-3-2-4-7-15/h2-4,6-7,10-12,16H,5,8-9,13H2,1H3,(H,23,24). The molecular weight excluding hydrogens is 326 g/mol. The Morgan fingerprint density at radius 1 is 1.15 bits per heavy atom. The Balaban J connectivity index is 1.55. The first kappa shape index (κ1) is 16.4. The number of hydrogen-bond donors (Lipinski definition) is 1. The highest BCUT2D eigenvalue weighted by molar-refractivity contribution is 5.92. The number of rotatable bonds is 3. The molecule has 1 N–H and O–H groups in total. The zero-order chi connectivity index (χ0) is 17.9. The number of nitrogens with zero attached hydrogens (tertiary/aromatic N) is 4. The molecule has 1 amide bonds. The van der Waals surface area contributed by atoms with Crippen LogP contribution in [0.25, 0.3) is 11.1 Å². The highest BCUT2D eigenvalue weighted by atomic mass is 16.2. The summed E-state index contributed by atoms with van der Waals surface area (Å²) < 4.78 is 0. The van der Waals surface area contributed by atoms with Crippen LogP contribution in [0.15, 0.2) is 48.9 Å². The lowest BCUT2D eigenvalue weighted by molar-refractivity contribution is 0.0699. The second-order valence-electron chi connectivity index (χ2n) is 6.70. The summed E-state index contributed by atoms with van der Waals surface area (Å²) in [5.41, 5.74) is 4.57. The predicted octanol–water partition coefficient (Wildman–Crippen LogP) is 3.19. The van der Waals surface area contributed by atoms with Crippen LogP contribution < -0.4 is 0 Å². The van der Waals surface area contributed by atoms with Crippen molar-refractivity contribution in [1.29, 1.82) is 0 Å². The van der Waals surface area contributed by atoms with E-state index in [1.165, 1.54) is 0 Å². The van der Waals surface area contributed by atoms with Gasteiger partial charge in [0.1, 0.15) is 5.69 Å². The Kier molecular flexibility index (Phi) is 4.48. The monoisotopic (exact) mass is 347 g/mol. The maximum atomic E-state index is 12.8. The predicted molar refractivity (Wildman–Crippen MR) is 98.7 cm³/mol. The Morgan fingerprint density at radius 3 is 2.77 bits per heavy atom. The van der Waals surface area contributed by atoms with E-state index >= 15 is 0 Å². The van der Waals surface area contributed by atoms with Gasteiger partial charge < -0.3 is 4.90 Å². The fourth-order valence-electron chi connectivity index (χ4n) is 3.52. The van der Waals surface area contributed by atoms with Gasteiger partial charge in [-0.3, -0.25) is 14.9 Å². The molecular formula is C20H21N5O. The molecule has 3 heterocycles. The van der Waals surface area contributed by atoms with Gasteiger partial charge >= 0.3 is 0 Å². The van der Waals surface area contributed by atoms with Crippen LogP contribution in [0, 0.1) is 6.92 Å². The van der Waals surface area contributed by atoms with E-state index in [9.17, 15) is 4.79 Å². The minimum atomic E-state index is -0.0528. The van der Waals surface area contributed by atoms with Gasteiger partial charge in [-0.05, 0) is 25.3 Å². The number of nitrogens with one attached hydrogen (secondary N) is 1. The normalized spacial score (nSPS) is 17.3. The van der Waals surface area contributed by atoms with Crippen molar-refractivity contribution < 1.29 is 4.79 Å². The molecule has 1 atom stereocenters. The molecule has 1 aromatic carbocycles. The molecule has 6 nitrogen and oxygen atoms in total. The van der Waals surface area contributed by atoms with Crippen molar-refractivity contribution in [2.24, 2.45) is 0 Å². The molecule has 0 saturated carbocycles. The average Bonchev–Trinajstić information content (AvgIpc) is 3.19. The quantitative estimate of drug-likeness (QED) is 0.789. The molecule has 0 spiro atoms. The molecule has 1 fully saturated rings. The Morgan fingerprint density at radius 2 is 2.00 bits per heavy atom. The van der Waals surface area contributed by atoms with Crippen LogP contribution in [0.1, 0.15) is 40.6 Å². The van der Waals surface area contributed by atoms with Gasteiger partial charge in [-0.15, -0.1) is 0 Å². The van der Waals surface area contributed by atoms with Gasteiger partial charge in [0.2, 0.25) is 0 Å². The van der Waals surface area contributed by atoms with Crippen molar-refractivity contribution in [2.45, 2.75) is 25.7 Å². The van der Waals surface area contributed by atoms with Crippen LogP contribution in [0.4, 0.5) is 0 Å². The van der Waals surface area contributed by atoms with E-state index in [1.807, 2.05) is 36.2 Å². The molecule has 1 aliphatic rings. The zero-order valence-corrected chi connectivity index (χ0v) is 14.7. The minimum absolute atomic E-state index is 0.0528. The molecule has 2 aromatic heterocycles. The number of carbonyl (C=O) groups is 1. The van der Waals surface area contributed by atoms with E-state index < -0.39 is 0 Å². The van der Waals surface area contributed by atoms with Gasteiger partial charge in [0.05, 0.1) is 18.1 Å². The molecule has 1 aliphatic heterocycles. The highest BCUT2D eigenvalue weighted by Gasteiger charge is 2.28. The fraction of sp³-hybridized carbons (Fsp3) is 0.300. The topological polar surface area (TPSA) is 74.8 Å². The third-order valence-electron chi connectivity index (χ3n) is 4.87. The summed E-state index contributed by atoms with van der Waals surface area (Å²) in [5.74, 6) is 0.187. The number of aromatic nitrogens is 4. The van der Waals surface area contributed by atoms with E-state index in [0.717, 1.165) is 41.9 Å². The molecule has 26 heavy (non-hydrogen) atoms. The largest absolute Gasteiger partial charge is 0.337 e. The molecule has 1 unspecified atom stereocenters.